The smallest absolute Gasteiger partial charge is 0.262 e. The number of amides is 6. The van der Waals surface area contributed by atoms with Gasteiger partial charge < -0.3 is 28.7 Å². The highest BCUT2D eigenvalue weighted by Crippen LogP contribution is 2.26. The zero-order valence-corrected chi connectivity index (χ0v) is 27.1. The number of carbonyl (C=O) groups excluding carboxylic acids is 6. The van der Waals surface area contributed by atoms with Gasteiger partial charge in [-0.3, -0.25) is 38.6 Å². The Morgan fingerprint density at radius 3 is 0.979 bits per heavy atom. The van der Waals surface area contributed by atoms with Crippen LogP contribution in [0.25, 0.3) is 0 Å². The van der Waals surface area contributed by atoms with Crippen LogP contribution in [0.3, 0.4) is 0 Å². The first-order valence-corrected chi connectivity index (χ1v) is 16.0. The molecule has 0 unspecified atom stereocenters. The molecular weight excluding hydrogens is 624 g/mol. The minimum Gasteiger partial charge on any atom is -0.377 e. The van der Waals surface area contributed by atoms with Crippen molar-refractivity contribution in [2.24, 2.45) is 0 Å². The standard InChI is InChI=1S/C34H40N4O10/c1-23(37-31(41)25-7-3-4-8-26(25)32(37)42)29(39)35-11-15-45-19-21-47-17-13-36(14-18-48-22-20-46-16-12-35)30(40)24(2)38-33(43)27-9-5-6-10-28(27)34(38)44/h3-10,23-24H,11-22H2,1-2H3/t23-,24+. The molecule has 14 nitrogen and oxygen atoms in total. The Labute approximate surface area is 278 Å². The van der Waals surface area contributed by atoms with Crippen molar-refractivity contribution in [3.05, 3.63) is 70.8 Å². The molecule has 6 amide bonds. The van der Waals surface area contributed by atoms with E-state index in [1.165, 1.54) is 23.6 Å². The second-order valence-electron chi connectivity index (χ2n) is 11.5. The number of carbonyl (C=O) groups is 6. The third-order valence-corrected chi connectivity index (χ3v) is 8.53. The van der Waals surface area contributed by atoms with E-state index in [1.807, 2.05) is 0 Å². The van der Waals surface area contributed by atoms with E-state index in [9.17, 15) is 28.8 Å². The number of benzene rings is 2. The summed E-state index contributed by atoms with van der Waals surface area (Å²) in [6.45, 7) is 5.44. The van der Waals surface area contributed by atoms with Crippen LogP contribution in [0.5, 0.6) is 0 Å². The molecule has 3 aliphatic heterocycles. The molecule has 2 atom stereocenters. The van der Waals surface area contributed by atoms with Crippen LogP contribution in [0, 0.1) is 0 Å². The zero-order valence-electron chi connectivity index (χ0n) is 27.1. The van der Waals surface area contributed by atoms with E-state index in [0.29, 0.717) is 0 Å². The van der Waals surface area contributed by atoms with E-state index in [0.717, 1.165) is 9.80 Å². The molecule has 5 rings (SSSR count). The lowest BCUT2D eigenvalue weighted by molar-refractivity contribution is -0.138. The van der Waals surface area contributed by atoms with Crippen molar-refractivity contribution in [1.82, 2.24) is 19.6 Å². The SMILES string of the molecule is C[C@H](C(=O)N1CCOCCOCCN(C(=O)[C@H](C)N2C(=O)c3ccccc3C2=O)CCOCCOCC1)N1C(=O)c2ccccc2C1=O. The molecule has 0 spiro atoms. The van der Waals surface area contributed by atoms with Gasteiger partial charge in [0.1, 0.15) is 12.1 Å². The third-order valence-electron chi connectivity index (χ3n) is 8.53. The summed E-state index contributed by atoms with van der Waals surface area (Å²) in [6, 6.07) is 10.9. The predicted octanol–water partition coefficient (Wildman–Crippen LogP) is 1.09. The summed E-state index contributed by atoms with van der Waals surface area (Å²) >= 11 is 0. The van der Waals surface area contributed by atoms with E-state index in [-0.39, 0.29) is 101 Å². The largest absolute Gasteiger partial charge is 0.377 e. The average Bonchev–Trinajstić information content (AvgIpc) is 3.50. The lowest BCUT2D eigenvalue weighted by atomic mass is 10.1. The molecular formula is C34H40N4O10. The summed E-state index contributed by atoms with van der Waals surface area (Å²) < 4.78 is 22.8. The Morgan fingerprint density at radius 2 is 0.729 bits per heavy atom. The van der Waals surface area contributed by atoms with Crippen LogP contribution in [0.2, 0.25) is 0 Å². The first kappa shape index (κ1) is 34.8. The van der Waals surface area contributed by atoms with Crippen LogP contribution in [0.4, 0.5) is 0 Å². The lowest BCUT2D eigenvalue weighted by Crippen LogP contribution is -2.51. The summed E-state index contributed by atoms with van der Waals surface area (Å²) in [7, 11) is 0. The number of imide groups is 2. The maximum Gasteiger partial charge on any atom is 0.262 e. The van der Waals surface area contributed by atoms with Crippen molar-refractivity contribution in [3.63, 3.8) is 0 Å². The highest BCUT2D eigenvalue weighted by Gasteiger charge is 2.43. The number of rotatable bonds is 4. The van der Waals surface area contributed by atoms with Gasteiger partial charge in [-0.05, 0) is 38.1 Å². The molecule has 1 saturated heterocycles. The van der Waals surface area contributed by atoms with Gasteiger partial charge in [0.2, 0.25) is 11.8 Å². The summed E-state index contributed by atoms with van der Waals surface area (Å²) in [4.78, 5) is 83.8. The molecule has 14 heteroatoms. The number of hydrogen-bond acceptors (Lipinski definition) is 10. The van der Waals surface area contributed by atoms with Crippen LogP contribution in [-0.4, -0.2) is 146 Å². The molecule has 3 aliphatic rings. The first-order chi connectivity index (χ1) is 23.2. The Morgan fingerprint density at radius 1 is 0.479 bits per heavy atom. The van der Waals surface area contributed by atoms with Gasteiger partial charge in [0.15, 0.2) is 0 Å². The molecule has 48 heavy (non-hydrogen) atoms. The van der Waals surface area contributed by atoms with Gasteiger partial charge >= 0.3 is 0 Å². The molecule has 3 heterocycles. The number of ether oxygens (including phenoxy) is 4. The zero-order chi connectivity index (χ0) is 34.2. The molecule has 0 aliphatic carbocycles. The molecule has 0 saturated carbocycles. The number of fused-ring (bicyclic) bond motifs is 2. The van der Waals surface area contributed by atoms with Crippen LogP contribution in [-0.2, 0) is 28.5 Å². The third kappa shape index (κ3) is 7.46. The number of hydrogen-bond donors (Lipinski definition) is 0. The van der Waals surface area contributed by atoms with Crippen LogP contribution in [0.1, 0.15) is 55.3 Å². The monoisotopic (exact) mass is 664 g/mol. The molecule has 0 bridgehead atoms. The summed E-state index contributed by atoms with van der Waals surface area (Å²) in [5.74, 6) is -2.82. The minimum absolute atomic E-state index is 0.176. The van der Waals surface area contributed by atoms with Crippen LogP contribution >= 0.6 is 0 Å². The topological polar surface area (TPSA) is 152 Å². The summed E-state index contributed by atoms with van der Waals surface area (Å²) in [6.07, 6.45) is 0. The van der Waals surface area contributed by atoms with Gasteiger partial charge in [0.05, 0.1) is 75.1 Å². The van der Waals surface area contributed by atoms with Crippen LogP contribution in [0.15, 0.2) is 48.5 Å². The van der Waals surface area contributed by atoms with E-state index in [1.54, 1.807) is 48.5 Å². The number of nitrogens with zero attached hydrogens (tertiary/aromatic N) is 4. The van der Waals surface area contributed by atoms with Crippen molar-refractivity contribution in [3.8, 4) is 0 Å². The summed E-state index contributed by atoms with van der Waals surface area (Å²) in [5, 5.41) is 0. The molecule has 0 radical (unpaired) electrons. The van der Waals surface area contributed by atoms with E-state index in [2.05, 4.69) is 0 Å². The van der Waals surface area contributed by atoms with Gasteiger partial charge in [-0.1, -0.05) is 24.3 Å². The Bertz CT molecular complexity index is 1340. The summed E-state index contributed by atoms with van der Waals surface area (Å²) in [5.41, 5.74) is 1.10. The van der Waals surface area contributed by atoms with Crippen molar-refractivity contribution in [2.45, 2.75) is 25.9 Å². The van der Waals surface area contributed by atoms with Gasteiger partial charge in [-0.25, -0.2) is 0 Å². The van der Waals surface area contributed by atoms with Crippen molar-refractivity contribution in [1.29, 1.82) is 0 Å². The Hall–Kier alpha value is -4.50. The maximum atomic E-state index is 13.5. The maximum absolute atomic E-state index is 13.5. The van der Waals surface area contributed by atoms with Crippen molar-refractivity contribution < 1.29 is 47.7 Å². The van der Waals surface area contributed by atoms with Crippen LogP contribution < -0.4 is 0 Å². The van der Waals surface area contributed by atoms with E-state index < -0.39 is 47.5 Å². The fourth-order valence-corrected chi connectivity index (χ4v) is 5.88. The molecule has 2 aromatic carbocycles. The first-order valence-electron chi connectivity index (χ1n) is 16.0. The van der Waals surface area contributed by atoms with Gasteiger partial charge in [-0.2, -0.15) is 0 Å². The average molecular weight is 665 g/mol. The highest BCUT2D eigenvalue weighted by molar-refractivity contribution is 6.23. The van der Waals surface area contributed by atoms with Crippen molar-refractivity contribution >= 4 is 35.4 Å². The predicted molar refractivity (Wildman–Crippen MR) is 169 cm³/mol. The second-order valence-corrected chi connectivity index (χ2v) is 11.5. The van der Waals surface area contributed by atoms with Gasteiger partial charge in [0, 0.05) is 26.2 Å². The second kappa shape index (κ2) is 16.1. The minimum atomic E-state index is -1.02. The Kier molecular flexibility index (Phi) is 11.7. The van der Waals surface area contributed by atoms with Gasteiger partial charge in [0.25, 0.3) is 23.6 Å². The molecule has 0 aromatic heterocycles. The quantitative estimate of drug-likeness (QED) is 0.435. The van der Waals surface area contributed by atoms with Crippen molar-refractivity contribution in [2.75, 3.05) is 79.0 Å². The molecule has 2 aromatic rings. The molecule has 0 N–H and O–H groups in total. The Balaban J connectivity index is 1.14. The fourth-order valence-electron chi connectivity index (χ4n) is 5.88. The molecule has 256 valence electrons. The molecule has 1 fully saturated rings. The van der Waals surface area contributed by atoms with Gasteiger partial charge in [-0.15, -0.1) is 0 Å². The lowest BCUT2D eigenvalue weighted by Gasteiger charge is -2.30. The highest BCUT2D eigenvalue weighted by atomic mass is 16.5. The normalized spacial score (nSPS) is 20.2. The van der Waals surface area contributed by atoms with E-state index >= 15 is 0 Å². The fraction of sp³-hybridized carbons (Fsp3) is 0.471. The van der Waals surface area contributed by atoms with E-state index in [4.69, 9.17) is 18.9 Å².